The Morgan fingerprint density at radius 2 is 2.04 bits per heavy atom. The fourth-order valence-electron chi connectivity index (χ4n) is 3.33. The average Bonchev–Trinajstić information content (AvgIpc) is 3.17. The van der Waals surface area contributed by atoms with Crippen LogP contribution in [0, 0.1) is 0 Å². The van der Waals surface area contributed by atoms with E-state index in [0.717, 1.165) is 37.4 Å². The van der Waals surface area contributed by atoms with Crippen LogP contribution in [0.1, 0.15) is 37.5 Å². The zero-order chi connectivity index (χ0) is 19.9. The van der Waals surface area contributed by atoms with Gasteiger partial charge in [-0.25, -0.2) is 0 Å². The maximum Gasteiger partial charge on any atom is 0.256 e. The molecule has 0 fully saturated rings. The Kier molecular flexibility index (Phi) is 4.64. The maximum absolute atomic E-state index is 12.5. The van der Waals surface area contributed by atoms with Crippen LogP contribution in [0.15, 0.2) is 48.9 Å². The van der Waals surface area contributed by atoms with Crippen molar-refractivity contribution in [3.8, 4) is 0 Å². The van der Waals surface area contributed by atoms with Crippen LogP contribution < -0.4 is 15.7 Å². The van der Waals surface area contributed by atoms with Crippen LogP contribution in [0.2, 0.25) is 0 Å². The van der Waals surface area contributed by atoms with E-state index < -0.39 is 0 Å². The lowest BCUT2D eigenvalue weighted by atomic mass is 10.0. The highest BCUT2D eigenvalue weighted by molar-refractivity contribution is 7.39. The Morgan fingerprint density at radius 3 is 2.82 bits per heavy atom. The summed E-state index contributed by atoms with van der Waals surface area (Å²) in [5, 5.41) is 9.50. The number of benzene rings is 2. The van der Waals surface area contributed by atoms with Crippen molar-refractivity contribution in [1.82, 2.24) is 0 Å². The molecule has 2 aliphatic rings. The molecule has 3 N–H and O–H groups in total. The van der Waals surface area contributed by atoms with Crippen LogP contribution in [-0.2, 0) is 15.7 Å². The number of carbonyl (C=O) groups excluding carboxylic acids is 1. The minimum absolute atomic E-state index is 0.0905. The highest BCUT2D eigenvalue weighted by Gasteiger charge is 2.25. The third kappa shape index (κ3) is 3.90. The van der Waals surface area contributed by atoms with Crippen molar-refractivity contribution in [1.29, 1.82) is 0 Å². The SMILES string of the molecule is C=C(Nc1ccc2c(c1)NC(=O)/C2=C/c1ccc2c(c1)NPC2)OC(C)(C)C. The summed E-state index contributed by atoms with van der Waals surface area (Å²) in [6, 6.07) is 12.1. The smallest absolute Gasteiger partial charge is 0.256 e. The van der Waals surface area contributed by atoms with E-state index in [1.54, 1.807) is 0 Å². The third-order valence-electron chi connectivity index (χ3n) is 4.46. The average molecular weight is 393 g/mol. The Bertz CT molecular complexity index is 1010. The topological polar surface area (TPSA) is 62.4 Å². The Labute approximate surface area is 167 Å². The molecule has 0 spiro atoms. The van der Waals surface area contributed by atoms with E-state index in [4.69, 9.17) is 4.74 Å². The molecule has 0 aliphatic carbocycles. The lowest BCUT2D eigenvalue weighted by Gasteiger charge is -2.23. The van der Waals surface area contributed by atoms with Crippen molar-refractivity contribution in [2.75, 3.05) is 15.7 Å². The van der Waals surface area contributed by atoms with Gasteiger partial charge in [0.1, 0.15) is 5.60 Å². The Balaban J connectivity index is 1.57. The normalized spacial score (nSPS) is 17.1. The number of rotatable bonds is 4. The second-order valence-corrected chi connectivity index (χ2v) is 8.89. The minimum atomic E-state index is -0.323. The number of carbonyl (C=O) groups is 1. The molecule has 4 rings (SSSR count). The molecule has 6 heteroatoms. The van der Waals surface area contributed by atoms with Gasteiger partial charge in [-0.15, -0.1) is 0 Å². The minimum Gasteiger partial charge on any atom is -0.474 e. The molecule has 5 nitrogen and oxygen atoms in total. The zero-order valence-corrected chi connectivity index (χ0v) is 17.3. The van der Waals surface area contributed by atoms with Gasteiger partial charge >= 0.3 is 0 Å². The molecule has 28 heavy (non-hydrogen) atoms. The second-order valence-electron chi connectivity index (χ2n) is 7.93. The molecule has 2 heterocycles. The van der Waals surface area contributed by atoms with Crippen molar-refractivity contribution in [3.05, 3.63) is 65.6 Å². The van der Waals surface area contributed by atoms with E-state index in [0.29, 0.717) is 11.5 Å². The zero-order valence-electron chi connectivity index (χ0n) is 16.3. The molecule has 1 unspecified atom stereocenters. The van der Waals surface area contributed by atoms with Crippen molar-refractivity contribution in [3.63, 3.8) is 0 Å². The summed E-state index contributed by atoms with van der Waals surface area (Å²) in [6.45, 7) is 9.81. The number of hydrogen-bond acceptors (Lipinski definition) is 4. The summed E-state index contributed by atoms with van der Waals surface area (Å²) < 4.78 is 5.71. The fraction of sp³-hybridized carbons (Fsp3) is 0.227. The summed E-state index contributed by atoms with van der Waals surface area (Å²) in [6.07, 6.45) is 3.02. The molecule has 0 saturated heterocycles. The maximum atomic E-state index is 12.5. The van der Waals surface area contributed by atoms with Gasteiger partial charge in [-0.1, -0.05) is 18.2 Å². The molecule has 0 saturated carbocycles. The monoisotopic (exact) mass is 393 g/mol. The van der Waals surface area contributed by atoms with Gasteiger partial charge in [-0.2, -0.15) is 0 Å². The van der Waals surface area contributed by atoms with Crippen LogP contribution in [0.3, 0.4) is 0 Å². The molecule has 2 aromatic carbocycles. The van der Waals surface area contributed by atoms with Crippen molar-refractivity contribution < 1.29 is 9.53 Å². The summed E-state index contributed by atoms with van der Waals surface area (Å²) in [7, 11) is 0.735. The van der Waals surface area contributed by atoms with Crippen LogP contribution in [0.5, 0.6) is 0 Å². The molecule has 1 atom stereocenters. The number of hydrogen-bond donors (Lipinski definition) is 3. The summed E-state index contributed by atoms with van der Waals surface area (Å²) in [4.78, 5) is 12.5. The first-order valence-electron chi connectivity index (χ1n) is 9.23. The quantitative estimate of drug-likeness (QED) is 0.370. The van der Waals surface area contributed by atoms with E-state index in [1.807, 2.05) is 45.0 Å². The van der Waals surface area contributed by atoms with Crippen molar-refractivity contribution >= 4 is 43.3 Å². The molecule has 2 aliphatic heterocycles. The van der Waals surface area contributed by atoms with Gasteiger partial charge in [0.15, 0.2) is 5.88 Å². The van der Waals surface area contributed by atoms with Crippen molar-refractivity contribution in [2.45, 2.75) is 32.5 Å². The van der Waals surface area contributed by atoms with Gasteiger partial charge in [-0.3, -0.25) is 4.79 Å². The van der Waals surface area contributed by atoms with E-state index in [2.05, 4.69) is 40.5 Å². The molecule has 144 valence electrons. The first-order valence-corrected chi connectivity index (χ1v) is 10.4. The number of ether oxygens (including phenoxy) is 1. The Morgan fingerprint density at radius 1 is 1.21 bits per heavy atom. The number of anilines is 3. The van der Waals surface area contributed by atoms with Crippen LogP contribution >= 0.6 is 8.73 Å². The summed E-state index contributed by atoms with van der Waals surface area (Å²) >= 11 is 0. The van der Waals surface area contributed by atoms with Crippen LogP contribution in [0.25, 0.3) is 11.6 Å². The third-order valence-corrected chi connectivity index (χ3v) is 5.47. The van der Waals surface area contributed by atoms with E-state index >= 15 is 0 Å². The van der Waals surface area contributed by atoms with Gasteiger partial charge in [0, 0.05) is 28.7 Å². The molecule has 0 radical (unpaired) electrons. The van der Waals surface area contributed by atoms with Crippen LogP contribution in [-0.4, -0.2) is 11.5 Å². The molecular formula is C22H24N3O2P. The van der Waals surface area contributed by atoms with Gasteiger partial charge in [0.25, 0.3) is 5.91 Å². The highest BCUT2D eigenvalue weighted by atomic mass is 31.1. The standard InChI is InChI=1S/C22H24N3O2P/c1-13(27-22(2,3)4)23-16-7-8-17-18(21(26)24-20(17)11-16)9-14-5-6-15-12-28-25-19(15)10-14/h5-11,23,25,28H,1,12H2,2-4H3,(H,24,26)/b18-9+. The number of amides is 1. The summed E-state index contributed by atoms with van der Waals surface area (Å²) in [5.41, 5.74) is 6.37. The lowest BCUT2D eigenvalue weighted by Crippen LogP contribution is -2.21. The van der Waals surface area contributed by atoms with Gasteiger partial charge in [-0.05, 0) is 71.5 Å². The molecular weight excluding hydrogens is 369 g/mol. The molecule has 2 aromatic rings. The molecule has 0 aromatic heterocycles. The lowest BCUT2D eigenvalue weighted by molar-refractivity contribution is -0.110. The predicted octanol–water partition coefficient (Wildman–Crippen LogP) is 5.40. The predicted molar refractivity (Wildman–Crippen MR) is 119 cm³/mol. The summed E-state index contributed by atoms with van der Waals surface area (Å²) in [5.74, 6) is 0.381. The van der Waals surface area contributed by atoms with Crippen molar-refractivity contribution in [2.24, 2.45) is 0 Å². The largest absolute Gasteiger partial charge is 0.474 e. The molecule has 0 bridgehead atoms. The Hall–Kier alpha value is -2.78. The van der Waals surface area contributed by atoms with E-state index in [-0.39, 0.29) is 11.5 Å². The molecule has 1 amide bonds. The van der Waals surface area contributed by atoms with E-state index in [9.17, 15) is 4.79 Å². The van der Waals surface area contributed by atoms with Crippen LogP contribution in [0.4, 0.5) is 17.1 Å². The first-order chi connectivity index (χ1) is 13.3. The number of fused-ring (bicyclic) bond motifs is 2. The second kappa shape index (κ2) is 6.99. The van der Waals surface area contributed by atoms with Gasteiger partial charge in [0.05, 0.1) is 5.69 Å². The fourth-order valence-corrected chi connectivity index (χ4v) is 4.34. The highest BCUT2D eigenvalue weighted by Crippen LogP contribution is 2.38. The first kappa shape index (κ1) is 18.6. The van der Waals surface area contributed by atoms with Gasteiger partial charge in [0.2, 0.25) is 0 Å². The van der Waals surface area contributed by atoms with E-state index in [1.165, 1.54) is 11.3 Å². The van der Waals surface area contributed by atoms with Gasteiger partial charge < -0.3 is 20.5 Å². The number of nitrogens with one attached hydrogen (secondary N) is 3.